The van der Waals surface area contributed by atoms with E-state index in [1.807, 2.05) is 0 Å². The molecule has 0 amide bonds. The molecule has 0 radical (unpaired) electrons. The monoisotopic (exact) mass is 446 g/mol. The summed E-state index contributed by atoms with van der Waals surface area (Å²) in [6, 6.07) is -1.25. The number of carbonyl (C=O) groups excluding carboxylic acids is 2. The Morgan fingerprint density at radius 1 is 0.688 bits per heavy atom. The Hall–Kier alpha value is -2.12. The number of hydrogen-bond acceptors (Lipinski definition) is 8. The van der Waals surface area contributed by atoms with E-state index in [-0.39, 0.29) is 37.4 Å². The van der Waals surface area contributed by atoms with Crippen molar-refractivity contribution in [2.75, 3.05) is 13.2 Å². The molecule has 0 N–H and O–H groups in total. The summed E-state index contributed by atoms with van der Waals surface area (Å²) in [5, 5.41) is 0. The third kappa shape index (κ3) is 4.37. The Kier molecular flexibility index (Phi) is 6.37. The van der Waals surface area contributed by atoms with Crippen LogP contribution in [0.1, 0.15) is 83.5 Å². The summed E-state index contributed by atoms with van der Waals surface area (Å²) in [5.74, 6) is 0.415. The molecule has 2 heterocycles. The van der Waals surface area contributed by atoms with Crippen LogP contribution in [0.4, 0.5) is 0 Å². The van der Waals surface area contributed by atoms with Crippen LogP contribution in [-0.4, -0.2) is 61.2 Å². The van der Waals surface area contributed by atoms with Crippen LogP contribution in [-0.2, 0) is 28.5 Å². The molecular weight excluding hydrogens is 412 g/mol. The molecule has 5 aliphatic rings. The van der Waals surface area contributed by atoms with E-state index < -0.39 is 17.5 Å². The minimum Gasteiger partial charge on any atom is -0.477 e. The zero-order chi connectivity index (χ0) is 22.0. The fourth-order valence-electron chi connectivity index (χ4n) is 5.41. The minimum atomic E-state index is -0.626. The van der Waals surface area contributed by atoms with Gasteiger partial charge in [0.15, 0.2) is 23.9 Å². The summed E-state index contributed by atoms with van der Waals surface area (Å²) in [7, 11) is 0. The summed E-state index contributed by atoms with van der Waals surface area (Å²) in [6.07, 6.45) is 13.2. The molecule has 0 spiro atoms. The van der Waals surface area contributed by atoms with E-state index >= 15 is 0 Å². The lowest BCUT2D eigenvalue weighted by Crippen LogP contribution is -2.45. The predicted octanol–water partition coefficient (Wildman–Crippen LogP) is 3.50. The average molecular weight is 447 g/mol. The van der Waals surface area contributed by atoms with Gasteiger partial charge in [-0.3, -0.25) is 0 Å². The van der Waals surface area contributed by atoms with Crippen LogP contribution in [0.3, 0.4) is 0 Å². The van der Waals surface area contributed by atoms with Crippen LogP contribution < -0.4 is 0 Å². The van der Waals surface area contributed by atoms with Crippen LogP contribution in [0.2, 0.25) is 0 Å². The van der Waals surface area contributed by atoms with Gasteiger partial charge in [0.05, 0.1) is 0 Å². The molecule has 3 fully saturated rings. The maximum absolute atomic E-state index is 12.6. The summed E-state index contributed by atoms with van der Waals surface area (Å²) >= 11 is 0. The third-order valence-corrected chi connectivity index (χ3v) is 7.54. The Morgan fingerprint density at radius 2 is 1.12 bits per heavy atom. The average Bonchev–Trinajstić information content (AvgIpc) is 3.46. The van der Waals surface area contributed by atoms with Crippen molar-refractivity contribution in [1.82, 2.24) is 0 Å². The highest BCUT2D eigenvalue weighted by molar-refractivity contribution is 6.08. The van der Waals surface area contributed by atoms with E-state index in [4.69, 9.17) is 18.9 Å². The quantitative estimate of drug-likeness (QED) is 0.580. The SMILES string of the molecule is O=C(OC1CCCCC1)[C@H]1COC(C2(C3=N[C@@H](C(=O)OC4CCCCC4)CO3)CCC2)=N1. The maximum Gasteiger partial charge on any atom is 0.334 e. The smallest absolute Gasteiger partial charge is 0.334 e. The van der Waals surface area contributed by atoms with Gasteiger partial charge in [-0.05, 0) is 64.2 Å². The Labute approximate surface area is 189 Å². The Balaban J connectivity index is 1.22. The highest BCUT2D eigenvalue weighted by Crippen LogP contribution is 2.47. The zero-order valence-corrected chi connectivity index (χ0v) is 18.8. The maximum atomic E-state index is 12.6. The van der Waals surface area contributed by atoms with Gasteiger partial charge in [-0.25, -0.2) is 19.6 Å². The Bertz CT molecular complexity index is 717. The number of nitrogens with zero attached hydrogens (tertiary/aromatic N) is 2. The largest absolute Gasteiger partial charge is 0.477 e. The number of esters is 2. The van der Waals surface area contributed by atoms with Crippen molar-refractivity contribution >= 4 is 23.7 Å². The van der Waals surface area contributed by atoms with Crippen molar-refractivity contribution in [2.24, 2.45) is 15.4 Å². The molecule has 32 heavy (non-hydrogen) atoms. The normalized spacial score (nSPS) is 30.4. The molecule has 0 aromatic heterocycles. The van der Waals surface area contributed by atoms with Crippen molar-refractivity contribution in [3.63, 3.8) is 0 Å². The number of ether oxygens (including phenoxy) is 4. The zero-order valence-electron chi connectivity index (χ0n) is 18.8. The lowest BCUT2D eigenvalue weighted by atomic mass is 9.68. The van der Waals surface area contributed by atoms with E-state index in [9.17, 15) is 9.59 Å². The van der Waals surface area contributed by atoms with E-state index in [1.54, 1.807) is 0 Å². The molecule has 176 valence electrons. The first kappa shape index (κ1) is 21.7. The van der Waals surface area contributed by atoms with Crippen LogP contribution in [0, 0.1) is 5.41 Å². The van der Waals surface area contributed by atoms with Crippen molar-refractivity contribution < 1.29 is 28.5 Å². The standard InChI is InChI=1S/C24H34N2O6/c27-20(31-16-8-3-1-4-9-16)18-14-29-22(25-18)24(12-7-13-24)23-26-19(15-30-23)21(28)32-17-10-5-2-6-11-17/h16-19H,1-15H2/t18-,19-/m1/s1. The van der Waals surface area contributed by atoms with E-state index in [0.717, 1.165) is 70.6 Å². The predicted molar refractivity (Wildman–Crippen MR) is 117 cm³/mol. The van der Waals surface area contributed by atoms with E-state index in [0.29, 0.717) is 11.8 Å². The molecule has 3 saturated carbocycles. The van der Waals surface area contributed by atoms with Crippen LogP contribution in [0.15, 0.2) is 9.98 Å². The molecular formula is C24H34N2O6. The van der Waals surface area contributed by atoms with Gasteiger partial charge >= 0.3 is 11.9 Å². The number of aliphatic imine (C=N–C) groups is 2. The lowest BCUT2D eigenvalue weighted by Gasteiger charge is -2.39. The minimum absolute atomic E-state index is 0.00615. The van der Waals surface area contributed by atoms with Crippen molar-refractivity contribution in [2.45, 2.75) is 108 Å². The third-order valence-electron chi connectivity index (χ3n) is 7.54. The highest BCUT2D eigenvalue weighted by Gasteiger charge is 2.54. The highest BCUT2D eigenvalue weighted by atomic mass is 16.6. The first-order valence-electron chi connectivity index (χ1n) is 12.5. The number of carbonyl (C=O) groups is 2. The topological polar surface area (TPSA) is 95.8 Å². The van der Waals surface area contributed by atoms with Crippen LogP contribution in [0.25, 0.3) is 0 Å². The van der Waals surface area contributed by atoms with Crippen LogP contribution in [0.5, 0.6) is 0 Å². The fraction of sp³-hybridized carbons (Fsp3) is 0.833. The number of hydrogen-bond donors (Lipinski definition) is 0. The van der Waals surface area contributed by atoms with Gasteiger partial charge < -0.3 is 18.9 Å². The second-order valence-corrected chi connectivity index (χ2v) is 9.85. The van der Waals surface area contributed by atoms with E-state index in [2.05, 4.69) is 9.98 Å². The molecule has 0 bridgehead atoms. The molecule has 3 aliphatic carbocycles. The lowest BCUT2D eigenvalue weighted by molar-refractivity contribution is -0.153. The van der Waals surface area contributed by atoms with Gasteiger partial charge in [0.25, 0.3) is 0 Å². The molecule has 0 saturated heterocycles. The van der Waals surface area contributed by atoms with Gasteiger partial charge in [0, 0.05) is 0 Å². The van der Waals surface area contributed by atoms with Gasteiger partial charge in [-0.1, -0.05) is 19.3 Å². The second-order valence-electron chi connectivity index (χ2n) is 9.85. The van der Waals surface area contributed by atoms with Gasteiger partial charge in [-0.2, -0.15) is 0 Å². The molecule has 2 aliphatic heterocycles. The van der Waals surface area contributed by atoms with E-state index in [1.165, 1.54) is 12.8 Å². The van der Waals surface area contributed by atoms with Crippen molar-refractivity contribution in [3.8, 4) is 0 Å². The second kappa shape index (κ2) is 9.40. The van der Waals surface area contributed by atoms with Crippen molar-refractivity contribution in [1.29, 1.82) is 0 Å². The van der Waals surface area contributed by atoms with Crippen molar-refractivity contribution in [3.05, 3.63) is 0 Å². The summed E-state index contributed by atoms with van der Waals surface area (Å²) in [4.78, 5) is 34.4. The molecule has 0 aromatic carbocycles. The number of rotatable bonds is 6. The summed E-state index contributed by atoms with van der Waals surface area (Å²) in [6.45, 7) is 0.395. The van der Waals surface area contributed by atoms with Crippen LogP contribution >= 0.6 is 0 Å². The molecule has 2 atom stereocenters. The molecule has 8 heteroatoms. The fourth-order valence-corrected chi connectivity index (χ4v) is 5.41. The Morgan fingerprint density at radius 3 is 1.50 bits per heavy atom. The molecule has 0 unspecified atom stereocenters. The summed E-state index contributed by atoms with van der Waals surface area (Å²) in [5.41, 5.74) is -0.556. The van der Waals surface area contributed by atoms with Gasteiger partial charge in [0.2, 0.25) is 0 Å². The van der Waals surface area contributed by atoms with Gasteiger partial charge in [-0.15, -0.1) is 0 Å². The molecule has 5 rings (SSSR count). The molecule has 8 nitrogen and oxygen atoms in total. The molecule has 0 aromatic rings. The summed E-state index contributed by atoms with van der Waals surface area (Å²) < 4.78 is 23.1. The first-order valence-corrected chi connectivity index (χ1v) is 12.5. The first-order chi connectivity index (χ1) is 15.6. The van der Waals surface area contributed by atoms with Gasteiger partial charge in [0.1, 0.15) is 30.8 Å².